The van der Waals surface area contributed by atoms with E-state index in [1.54, 1.807) is 57.7 Å². The molecule has 1 aliphatic rings. The number of fused-ring (bicyclic) bond motifs is 1. The second-order valence-corrected chi connectivity index (χ2v) is 8.03. The molecule has 0 aromatic heterocycles. The molecule has 0 atom stereocenters. The minimum absolute atomic E-state index is 0.134. The van der Waals surface area contributed by atoms with Crippen molar-refractivity contribution in [1.82, 2.24) is 5.32 Å². The third-order valence-electron chi connectivity index (χ3n) is 5.73. The van der Waals surface area contributed by atoms with Crippen molar-refractivity contribution in [2.75, 3.05) is 39.3 Å². The average molecular weight is 489 g/mol. The zero-order chi connectivity index (χ0) is 25.5. The zero-order valence-corrected chi connectivity index (χ0v) is 20.4. The molecular formula is C28H28N2O6. The minimum Gasteiger partial charge on any atom is -0.497 e. The summed E-state index contributed by atoms with van der Waals surface area (Å²) in [5.74, 6) is 1.97. The number of benzene rings is 3. The quantitative estimate of drug-likeness (QED) is 0.461. The number of hydrogen-bond acceptors (Lipinski definition) is 6. The number of anilines is 1. The van der Waals surface area contributed by atoms with Gasteiger partial charge in [-0.15, -0.1) is 0 Å². The SMILES string of the molecule is COc1ccc(C=C2Oc3ccccc3N(CC(=O)NCCc3ccc(OC)c(OC)c3)C2=O)cc1. The third kappa shape index (κ3) is 5.60. The van der Waals surface area contributed by atoms with Crippen LogP contribution < -0.4 is 29.2 Å². The van der Waals surface area contributed by atoms with E-state index in [1.165, 1.54) is 4.90 Å². The highest BCUT2D eigenvalue weighted by molar-refractivity contribution is 6.12. The van der Waals surface area contributed by atoms with Crippen molar-refractivity contribution >= 4 is 23.6 Å². The smallest absolute Gasteiger partial charge is 0.294 e. The van der Waals surface area contributed by atoms with Crippen molar-refractivity contribution in [1.29, 1.82) is 0 Å². The molecule has 186 valence electrons. The normalized spacial score (nSPS) is 13.6. The number of methoxy groups -OCH3 is 3. The predicted molar refractivity (Wildman–Crippen MR) is 137 cm³/mol. The maximum absolute atomic E-state index is 13.3. The summed E-state index contributed by atoms with van der Waals surface area (Å²) >= 11 is 0. The molecule has 2 amide bonds. The van der Waals surface area contributed by atoms with Crippen LogP contribution in [0.25, 0.3) is 6.08 Å². The number of carbonyl (C=O) groups is 2. The molecular weight excluding hydrogens is 460 g/mol. The molecule has 1 aliphatic heterocycles. The van der Waals surface area contributed by atoms with Gasteiger partial charge >= 0.3 is 0 Å². The Morgan fingerprint density at radius 2 is 1.69 bits per heavy atom. The fourth-order valence-corrected chi connectivity index (χ4v) is 3.85. The van der Waals surface area contributed by atoms with Gasteiger partial charge in [0.05, 0.1) is 27.0 Å². The van der Waals surface area contributed by atoms with Crippen LogP contribution in [-0.2, 0) is 16.0 Å². The predicted octanol–water partition coefficient (Wildman–Crippen LogP) is 3.84. The lowest BCUT2D eigenvalue weighted by Crippen LogP contribution is -2.44. The van der Waals surface area contributed by atoms with Gasteiger partial charge < -0.3 is 24.3 Å². The molecule has 36 heavy (non-hydrogen) atoms. The van der Waals surface area contributed by atoms with Crippen LogP contribution in [-0.4, -0.2) is 46.2 Å². The summed E-state index contributed by atoms with van der Waals surface area (Å²) in [6.07, 6.45) is 2.25. The lowest BCUT2D eigenvalue weighted by molar-refractivity contribution is -0.123. The summed E-state index contributed by atoms with van der Waals surface area (Å²) in [6.45, 7) is 0.272. The molecule has 0 fully saturated rings. The lowest BCUT2D eigenvalue weighted by Gasteiger charge is -2.30. The number of nitrogens with one attached hydrogen (secondary N) is 1. The van der Waals surface area contributed by atoms with Crippen LogP contribution in [0.4, 0.5) is 5.69 Å². The topological polar surface area (TPSA) is 86.3 Å². The van der Waals surface area contributed by atoms with Gasteiger partial charge in [-0.05, 0) is 60.0 Å². The third-order valence-corrected chi connectivity index (χ3v) is 5.73. The molecule has 0 bridgehead atoms. The number of amides is 2. The van der Waals surface area contributed by atoms with E-state index in [0.717, 1.165) is 11.1 Å². The number of hydrogen-bond donors (Lipinski definition) is 1. The van der Waals surface area contributed by atoms with Crippen molar-refractivity contribution in [3.05, 3.63) is 83.6 Å². The van der Waals surface area contributed by atoms with Crippen molar-refractivity contribution in [2.24, 2.45) is 0 Å². The van der Waals surface area contributed by atoms with E-state index in [4.69, 9.17) is 18.9 Å². The Kier molecular flexibility index (Phi) is 7.75. The molecule has 3 aromatic rings. The van der Waals surface area contributed by atoms with Crippen LogP contribution in [0.2, 0.25) is 0 Å². The van der Waals surface area contributed by atoms with Crippen LogP contribution in [0.15, 0.2) is 72.5 Å². The molecule has 0 saturated heterocycles. The Morgan fingerprint density at radius 1 is 0.944 bits per heavy atom. The summed E-state index contributed by atoms with van der Waals surface area (Å²) in [7, 11) is 4.76. The van der Waals surface area contributed by atoms with E-state index in [1.807, 2.05) is 36.4 Å². The van der Waals surface area contributed by atoms with Gasteiger partial charge in [-0.25, -0.2) is 0 Å². The van der Waals surface area contributed by atoms with Gasteiger partial charge in [-0.2, -0.15) is 0 Å². The first-order valence-corrected chi connectivity index (χ1v) is 11.4. The fourth-order valence-electron chi connectivity index (χ4n) is 3.85. The number of rotatable bonds is 9. The van der Waals surface area contributed by atoms with E-state index < -0.39 is 0 Å². The van der Waals surface area contributed by atoms with Gasteiger partial charge in [0.15, 0.2) is 23.0 Å². The summed E-state index contributed by atoms with van der Waals surface area (Å²) < 4.78 is 21.7. The molecule has 0 saturated carbocycles. The Bertz CT molecular complexity index is 1270. The molecule has 1 heterocycles. The van der Waals surface area contributed by atoms with E-state index >= 15 is 0 Å². The second kappa shape index (κ2) is 11.3. The number of para-hydroxylation sites is 2. The van der Waals surface area contributed by atoms with Crippen LogP contribution in [0, 0.1) is 0 Å². The van der Waals surface area contributed by atoms with Gasteiger partial charge in [0.25, 0.3) is 5.91 Å². The molecule has 0 spiro atoms. The highest BCUT2D eigenvalue weighted by Gasteiger charge is 2.31. The molecule has 1 N–H and O–H groups in total. The summed E-state index contributed by atoms with van der Waals surface area (Å²) in [6, 6.07) is 20.0. The van der Waals surface area contributed by atoms with Crippen molar-refractivity contribution in [2.45, 2.75) is 6.42 Å². The molecule has 0 aliphatic carbocycles. The summed E-state index contributed by atoms with van der Waals surface area (Å²) in [5.41, 5.74) is 2.31. The Balaban J connectivity index is 1.44. The van der Waals surface area contributed by atoms with Gasteiger partial charge in [0.2, 0.25) is 5.91 Å². The standard InChI is InChI=1S/C28H28N2O6/c1-33-21-11-8-19(9-12-21)17-26-28(32)30(22-6-4-5-7-23(22)36-26)18-27(31)29-15-14-20-10-13-24(34-2)25(16-20)35-3/h4-13,16-17H,14-15,18H2,1-3H3,(H,29,31). The highest BCUT2D eigenvalue weighted by atomic mass is 16.5. The van der Waals surface area contributed by atoms with Crippen molar-refractivity contribution < 1.29 is 28.5 Å². The first-order valence-electron chi connectivity index (χ1n) is 11.4. The second-order valence-electron chi connectivity index (χ2n) is 8.03. The van der Waals surface area contributed by atoms with Crippen LogP contribution in [0.1, 0.15) is 11.1 Å². The molecule has 3 aromatic carbocycles. The van der Waals surface area contributed by atoms with Gasteiger partial charge in [-0.3, -0.25) is 14.5 Å². The average Bonchev–Trinajstić information content (AvgIpc) is 2.91. The number of ether oxygens (including phenoxy) is 4. The maximum atomic E-state index is 13.3. The van der Waals surface area contributed by atoms with E-state index in [-0.39, 0.29) is 24.1 Å². The fraction of sp³-hybridized carbons (Fsp3) is 0.214. The van der Waals surface area contributed by atoms with Gasteiger partial charge in [0.1, 0.15) is 12.3 Å². The monoisotopic (exact) mass is 488 g/mol. The lowest BCUT2D eigenvalue weighted by atomic mass is 10.1. The largest absolute Gasteiger partial charge is 0.497 e. The Morgan fingerprint density at radius 3 is 2.42 bits per heavy atom. The van der Waals surface area contributed by atoms with E-state index in [2.05, 4.69) is 5.32 Å². The number of carbonyl (C=O) groups excluding carboxylic acids is 2. The zero-order valence-electron chi connectivity index (χ0n) is 20.4. The first-order chi connectivity index (χ1) is 17.5. The molecule has 0 radical (unpaired) electrons. The van der Waals surface area contributed by atoms with E-state index in [9.17, 15) is 9.59 Å². The van der Waals surface area contributed by atoms with Crippen LogP contribution in [0.5, 0.6) is 23.0 Å². The molecule has 8 nitrogen and oxygen atoms in total. The summed E-state index contributed by atoms with van der Waals surface area (Å²) in [4.78, 5) is 27.5. The molecule has 8 heteroatoms. The van der Waals surface area contributed by atoms with Crippen molar-refractivity contribution in [3.63, 3.8) is 0 Å². The Hall–Kier alpha value is -4.46. The van der Waals surface area contributed by atoms with Crippen LogP contribution in [0.3, 0.4) is 0 Å². The van der Waals surface area contributed by atoms with Gasteiger partial charge in [-0.1, -0.05) is 30.3 Å². The van der Waals surface area contributed by atoms with Gasteiger partial charge in [0, 0.05) is 6.54 Å². The maximum Gasteiger partial charge on any atom is 0.294 e. The number of nitrogens with zero attached hydrogens (tertiary/aromatic N) is 1. The summed E-state index contributed by atoms with van der Waals surface area (Å²) in [5, 5.41) is 2.89. The Labute approximate surface area is 210 Å². The van der Waals surface area contributed by atoms with E-state index in [0.29, 0.717) is 41.7 Å². The van der Waals surface area contributed by atoms with Crippen molar-refractivity contribution in [3.8, 4) is 23.0 Å². The highest BCUT2D eigenvalue weighted by Crippen LogP contribution is 2.35. The van der Waals surface area contributed by atoms with Crippen LogP contribution >= 0.6 is 0 Å². The minimum atomic E-state index is -0.389. The molecule has 0 unspecified atom stereocenters. The first kappa shape index (κ1) is 24.7. The molecule has 4 rings (SSSR count).